The summed E-state index contributed by atoms with van der Waals surface area (Å²) in [5.41, 5.74) is -0.765. The minimum absolute atomic E-state index is 0.207. The summed E-state index contributed by atoms with van der Waals surface area (Å²) in [6.07, 6.45) is 0.988. The van der Waals surface area contributed by atoms with Crippen LogP contribution in [0, 0.1) is 0 Å². The van der Waals surface area contributed by atoms with Crippen molar-refractivity contribution in [2.75, 3.05) is 26.4 Å². The molecule has 1 saturated heterocycles. The van der Waals surface area contributed by atoms with Crippen LogP contribution in [-0.2, 0) is 14.9 Å². The zero-order valence-corrected chi connectivity index (χ0v) is 9.64. The normalized spacial score (nSPS) is 21.5. The number of nitrogens with one attached hydrogen (secondary N) is 2. The molecule has 3 N–H and O–H groups in total. The second kappa shape index (κ2) is 5.22. The van der Waals surface area contributed by atoms with E-state index in [-0.39, 0.29) is 6.61 Å². The van der Waals surface area contributed by atoms with Crippen LogP contribution < -0.4 is 9.44 Å². The maximum Gasteiger partial charge on any atom is 0.277 e. The fraction of sp³-hybridized carbons (Fsp3) is 1.00. The van der Waals surface area contributed by atoms with Gasteiger partial charge in [0, 0.05) is 19.8 Å². The molecule has 0 atom stereocenters. The van der Waals surface area contributed by atoms with Crippen molar-refractivity contribution in [3.8, 4) is 0 Å². The predicted molar refractivity (Wildman–Crippen MR) is 55.6 cm³/mol. The maximum atomic E-state index is 11.5. The minimum Gasteiger partial charge on any atom is -0.394 e. The summed E-state index contributed by atoms with van der Waals surface area (Å²) < 4.78 is 32.9. The van der Waals surface area contributed by atoms with Crippen molar-refractivity contribution in [3.05, 3.63) is 0 Å². The molecule has 1 aliphatic heterocycles. The van der Waals surface area contributed by atoms with E-state index in [2.05, 4.69) is 9.44 Å². The zero-order valence-electron chi connectivity index (χ0n) is 8.82. The molecule has 1 fully saturated rings. The van der Waals surface area contributed by atoms with Gasteiger partial charge in [0.05, 0.1) is 12.1 Å². The molecule has 7 heteroatoms. The lowest BCUT2D eigenvalue weighted by atomic mass is 9.93. The standard InChI is InChI=1S/C8H18N2O4S/c1-2-9-15(12,13)10-8(7-11)3-5-14-6-4-8/h9-11H,2-7H2,1H3. The number of ether oxygens (including phenoxy) is 1. The molecule has 0 aromatic rings. The molecule has 0 aliphatic carbocycles. The third kappa shape index (κ3) is 3.69. The van der Waals surface area contributed by atoms with Crippen molar-refractivity contribution in [1.29, 1.82) is 0 Å². The van der Waals surface area contributed by atoms with E-state index in [0.717, 1.165) is 0 Å². The number of hydrogen-bond donors (Lipinski definition) is 3. The predicted octanol–water partition coefficient (Wildman–Crippen LogP) is -1.03. The molecule has 0 unspecified atom stereocenters. The van der Waals surface area contributed by atoms with Gasteiger partial charge in [-0.3, -0.25) is 0 Å². The molecule has 0 radical (unpaired) electrons. The van der Waals surface area contributed by atoms with Crippen LogP contribution in [0.25, 0.3) is 0 Å². The van der Waals surface area contributed by atoms with Crippen molar-refractivity contribution < 1.29 is 18.3 Å². The smallest absolute Gasteiger partial charge is 0.277 e. The van der Waals surface area contributed by atoms with Gasteiger partial charge in [-0.25, -0.2) is 4.72 Å². The Morgan fingerprint density at radius 2 is 2.00 bits per heavy atom. The number of aliphatic hydroxyl groups excluding tert-OH is 1. The van der Waals surface area contributed by atoms with E-state index in [1.54, 1.807) is 6.92 Å². The molecule has 6 nitrogen and oxygen atoms in total. The monoisotopic (exact) mass is 238 g/mol. The molecule has 0 amide bonds. The molecule has 15 heavy (non-hydrogen) atoms. The van der Waals surface area contributed by atoms with Gasteiger partial charge in [0.15, 0.2) is 0 Å². The van der Waals surface area contributed by atoms with Crippen molar-refractivity contribution in [2.45, 2.75) is 25.3 Å². The van der Waals surface area contributed by atoms with Crippen LogP contribution >= 0.6 is 0 Å². The fourth-order valence-corrected chi connectivity index (χ4v) is 2.86. The molecule has 1 heterocycles. The van der Waals surface area contributed by atoms with Gasteiger partial charge in [-0.1, -0.05) is 6.92 Å². The lowest BCUT2D eigenvalue weighted by molar-refractivity contribution is 0.0221. The first-order valence-corrected chi connectivity index (χ1v) is 6.49. The van der Waals surface area contributed by atoms with Gasteiger partial charge in [0.25, 0.3) is 10.2 Å². The third-order valence-corrected chi connectivity index (χ3v) is 3.81. The van der Waals surface area contributed by atoms with Crippen LogP contribution in [0.4, 0.5) is 0 Å². The first-order valence-electron chi connectivity index (χ1n) is 5.01. The second-order valence-corrected chi connectivity index (χ2v) is 5.15. The van der Waals surface area contributed by atoms with Crippen LogP contribution in [0.3, 0.4) is 0 Å². The average molecular weight is 238 g/mol. The largest absolute Gasteiger partial charge is 0.394 e. The Hall–Kier alpha value is -0.210. The van der Waals surface area contributed by atoms with E-state index >= 15 is 0 Å². The van der Waals surface area contributed by atoms with Gasteiger partial charge < -0.3 is 9.84 Å². The van der Waals surface area contributed by atoms with Crippen molar-refractivity contribution in [2.24, 2.45) is 0 Å². The van der Waals surface area contributed by atoms with Crippen molar-refractivity contribution >= 4 is 10.2 Å². The Labute approximate surface area is 90.2 Å². The minimum atomic E-state index is -3.52. The lowest BCUT2D eigenvalue weighted by Crippen LogP contribution is -2.57. The maximum absolute atomic E-state index is 11.5. The second-order valence-electron chi connectivity index (χ2n) is 3.65. The molecular weight excluding hydrogens is 220 g/mol. The van der Waals surface area contributed by atoms with E-state index in [1.165, 1.54) is 0 Å². The van der Waals surface area contributed by atoms with Crippen LogP contribution in [-0.4, -0.2) is 45.4 Å². The first-order chi connectivity index (χ1) is 7.04. The Kier molecular flexibility index (Phi) is 4.47. The molecule has 1 aliphatic rings. The lowest BCUT2D eigenvalue weighted by Gasteiger charge is -2.35. The van der Waals surface area contributed by atoms with E-state index in [9.17, 15) is 13.5 Å². The summed E-state index contributed by atoms with van der Waals surface area (Å²) in [6.45, 7) is 2.76. The number of rotatable bonds is 5. The zero-order chi connectivity index (χ0) is 11.4. The summed E-state index contributed by atoms with van der Waals surface area (Å²) in [5.74, 6) is 0. The van der Waals surface area contributed by atoms with E-state index in [0.29, 0.717) is 32.6 Å². The van der Waals surface area contributed by atoms with E-state index in [4.69, 9.17) is 4.74 Å². The van der Waals surface area contributed by atoms with Gasteiger partial charge in [0.2, 0.25) is 0 Å². The van der Waals surface area contributed by atoms with Gasteiger partial charge >= 0.3 is 0 Å². The van der Waals surface area contributed by atoms with Gasteiger partial charge in [0.1, 0.15) is 0 Å². The Bertz CT molecular complexity index is 285. The van der Waals surface area contributed by atoms with Gasteiger partial charge in [-0.15, -0.1) is 0 Å². The molecule has 0 aromatic carbocycles. The average Bonchev–Trinajstić information content (AvgIpc) is 2.18. The Balaban J connectivity index is 2.66. The number of aliphatic hydroxyl groups is 1. The third-order valence-electron chi connectivity index (χ3n) is 2.44. The summed E-state index contributed by atoms with van der Waals surface area (Å²) >= 11 is 0. The summed E-state index contributed by atoms with van der Waals surface area (Å²) in [4.78, 5) is 0. The van der Waals surface area contributed by atoms with Crippen molar-refractivity contribution in [1.82, 2.24) is 9.44 Å². The van der Waals surface area contributed by atoms with Crippen LogP contribution in [0.1, 0.15) is 19.8 Å². The highest BCUT2D eigenvalue weighted by molar-refractivity contribution is 7.87. The van der Waals surface area contributed by atoms with E-state index < -0.39 is 15.7 Å². The van der Waals surface area contributed by atoms with Gasteiger partial charge in [-0.05, 0) is 12.8 Å². The number of hydrogen-bond acceptors (Lipinski definition) is 4. The molecule has 90 valence electrons. The Morgan fingerprint density at radius 3 is 2.47 bits per heavy atom. The summed E-state index contributed by atoms with van der Waals surface area (Å²) in [6, 6.07) is 0. The Morgan fingerprint density at radius 1 is 1.40 bits per heavy atom. The van der Waals surface area contributed by atoms with Crippen LogP contribution in [0.2, 0.25) is 0 Å². The topological polar surface area (TPSA) is 87.7 Å². The highest BCUT2D eigenvalue weighted by atomic mass is 32.2. The van der Waals surface area contributed by atoms with Crippen LogP contribution in [0.15, 0.2) is 0 Å². The van der Waals surface area contributed by atoms with Crippen molar-refractivity contribution in [3.63, 3.8) is 0 Å². The highest BCUT2D eigenvalue weighted by Gasteiger charge is 2.35. The van der Waals surface area contributed by atoms with Gasteiger partial charge in [-0.2, -0.15) is 13.1 Å². The quantitative estimate of drug-likeness (QED) is 0.571. The fourth-order valence-electron chi connectivity index (χ4n) is 1.57. The molecular formula is C8H18N2O4S. The van der Waals surface area contributed by atoms with E-state index in [1.807, 2.05) is 0 Å². The molecule has 0 saturated carbocycles. The molecule has 1 rings (SSSR count). The summed E-state index contributed by atoms with van der Waals surface area (Å²) in [7, 11) is -3.52. The molecule has 0 bridgehead atoms. The highest BCUT2D eigenvalue weighted by Crippen LogP contribution is 2.20. The first kappa shape index (κ1) is 12.9. The SMILES string of the molecule is CCNS(=O)(=O)NC1(CO)CCOCC1. The molecule has 0 spiro atoms. The van der Waals surface area contributed by atoms with Crippen LogP contribution in [0.5, 0.6) is 0 Å². The summed E-state index contributed by atoms with van der Waals surface area (Å²) in [5, 5.41) is 9.26. The molecule has 0 aromatic heterocycles.